The van der Waals surface area contributed by atoms with Crippen LogP contribution in [0.15, 0.2) is 21.3 Å². The van der Waals surface area contributed by atoms with Gasteiger partial charge in [-0.3, -0.25) is 4.79 Å². The highest BCUT2D eigenvalue weighted by atomic mass is 16.5. The first-order valence-electron chi connectivity index (χ1n) is 6.72. The Labute approximate surface area is 117 Å². The van der Waals surface area contributed by atoms with Crippen molar-refractivity contribution >= 4 is 5.97 Å². The van der Waals surface area contributed by atoms with Crippen LogP contribution in [0, 0.1) is 6.92 Å². The standard InChI is InChI=1S/C14H18N2O4/c1-4-6-10(14(17)18-5-2)13-15-12(16-20-13)11-9(3)7-8-19-11/h7-8,10H,4-6H2,1-3H3. The molecule has 0 amide bonds. The van der Waals surface area contributed by atoms with Crippen molar-refractivity contribution in [2.75, 3.05) is 6.61 Å². The number of hydrogen-bond donors (Lipinski definition) is 0. The van der Waals surface area contributed by atoms with Crippen molar-refractivity contribution in [1.82, 2.24) is 10.1 Å². The highest BCUT2D eigenvalue weighted by Crippen LogP contribution is 2.26. The molecule has 0 bridgehead atoms. The maximum atomic E-state index is 11.9. The van der Waals surface area contributed by atoms with Crippen molar-refractivity contribution in [2.24, 2.45) is 0 Å². The SMILES string of the molecule is CCCC(C(=O)OCC)c1nc(-c2occc2C)no1. The summed E-state index contributed by atoms with van der Waals surface area (Å²) in [5, 5.41) is 3.88. The first-order chi connectivity index (χ1) is 9.67. The molecule has 0 aromatic carbocycles. The lowest BCUT2D eigenvalue weighted by Crippen LogP contribution is -2.16. The molecule has 108 valence electrons. The average molecular weight is 278 g/mol. The van der Waals surface area contributed by atoms with Crippen molar-refractivity contribution in [3.63, 3.8) is 0 Å². The Balaban J connectivity index is 2.25. The molecule has 1 atom stereocenters. The molecule has 1 unspecified atom stereocenters. The Kier molecular flexibility index (Phi) is 4.55. The van der Waals surface area contributed by atoms with Crippen molar-refractivity contribution in [3.05, 3.63) is 23.8 Å². The van der Waals surface area contributed by atoms with E-state index in [9.17, 15) is 4.79 Å². The molecule has 6 heteroatoms. The Bertz CT molecular complexity index is 573. The zero-order valence-corrected chi connectivity index (χ0v) is 11.9. The van der Waals surface area contributed by atoms with Crippen LogP contribution in [0.1, 0.15) is 44.1 Å². The number of ether oxygens (including phenoxy) is 1. The summed E-state index contributed by atoms with van der Waals surface area (Å²) in [5.74, 6) is 0.334. The van der Waals surface area contributed by atoms with E-state index in [-0.39, 0.29) is 11.9 Å². The molecule has 6 nitrogen and oxygen atoms in total. The molecule has 20 heavy (non-hydrogen) atoms. The number of aromatic nitrogens is 2. The molecule has 0 aliphatic heterocycles. The van der Waals surface area contributed by atoms with Crippen molar-refractivity contribution < 1.29 is 18.5 Å². The van der Waals surface area contributed by atoms with Gasteiger partial charge in [-0.2, -0.15) is 4.98 Å². The third kappa shape index (κ3) is 2.89. The predicted molar refractivity (Wildman–Crippen MR) is 71.0 cm³/mol. The van der Waals surface area contributed by atoms with Gasteiger partial charge in [0.2, 0.25) is 11.7 Å². The van der Waals surface area contributed by atoms with Gasteiger partial charge >= 0.3 is 5.97 Å². The van der Waals surface area contributed by atoms with Gasteiger partial charge in [-0.25, -0.2) is 0 Å². The molecule has 0 aliphatic rings. The second kappa shape index (κ2) is 6.36. The minimum atomic E-state index is -0.517. The molecule has 0 aliphatic carbocycles. The van der Waals surface area contributed by atoms with Gasteiger partial charge in [0.05, 0.1) is 12.9 Å². The zero-order valence-electron chi connectivity index (χ0n) is 11.9. The van der Waals surface area contributed by atoms with E-state index in [0.29, 0.717) is 24.6 Å². The van der Waals surface area contributed by atoms with Gasteiger partial charge in [-0.15, -0.1) is 0 Å². The summed E-state index contributed by atoms with van der Waals surface area (Å²) in [6, 6.07) is 1.82. The van der Waals surface area contributed by atoms with E-state index in [1.165, 1.54) is 0 Å². The molecule has 2 rings (SSSR count). The van der Waals surface area contributed by atoms with E-state index in [1.807, 2.05) is 19.9 Å². The minimum Gasteiger partial charge on any atom is -0.465 e. The summed E-state index contributed by atoms with van der Waals surface area (Å²) in [5.41, 5.74) is 0.917. The van der Waals surface area contributed by atoms with Crippen LogP contribution in [0.25, 0.3) is 11.6 Å². The molecular weight excluding hydrogens is 260 g/mol. The number of hydrogen-bond acceptors (Lipinski definition) is 6. The molecule has 2 heterocycles. The molecule has 0 spiro atoms. The number of furan rings is 1. The van der Waals surface area contributed by atoms with Crippen LogP contribution in [0.3, 0.4) is 0 Å². The minimum absolute atomic E-state index is 0.274. The van der Waals surface area contributed by atoms with E-state index >= 15 is 0 Å². The number of aryl methyl sites for hydroxylation is 1. The summed E-state index contributed by atoms with van der Waals surface area (Å²) in [6.07, 6.45) is 2.99. The van der Waals surface area contributed by atoms with Crippen LogP contribution in [-0.4, -0.2) is 22.7 Å². The smallest absolute Gasteiger partial charge is 0.318 e. The van der Waals surface area contributed by atoms with Gasteiger partial charge in [-0.05, 0) is 31.9 Å². The van der Waals surface area contributed by atoms with E-state index in [2.05, 4.69) is 10.1 Å². The third-order valence-electron chi connectivity index (χ3n) is 2.95. The molecule has 0 saturated carbocycles. The topological polar surface area (TPSA) is 78.4 Å². The third-order valence-corrected chi connectivity index (χ3v) is 2.95. The first-order valence-corrected chi connectivity index (χ1v) is 6.72. The molecule has 0 fully saturated rings. The number of carbonyl (C=O) groups excluding carboxylic acids is 1. The number of esters is 1. The van der Waals surface area contributed by atoms with Gasteiger partial charge in [0.25, 0.3) is 0 Å². The lowest BCUT2D eigenvalue weighted by molar-refractivity contribution is -0.145. The van der Waals surface area contributed by atoms with Crippen molar-refractivity contribution in [1.29, 1.82) is 0 Å². The summed E-state index contributed by atoms with van der Waals surface area (Å²) >= 11 is 0. The quantitative estimate of drug-likeness (QED) is 0.755. The van der Waals surface area contributed by atoms with E-state index in [4.69, 9.17) is 13.7 Å². The predicted octanol–water partition coefficient (Wildman–Crippen LogP) is 3.08. The number of nitrogens with zero attached hydrogens (tertiary/aromatic N) is 2. The van der Waals surface area contributed by atoms with E-state index < -0.39 is 5.92 Å². The Morgan fingerprint density at radius 1 is 1.45 bits per heavy atom. The fourth-order valence-electron chi connectivity index (χ4n) is 1.94. The maximum Gasteiger partial charge on any atom is 0.318 e. The van der Waals surface area contributed by atoms with Crippen LogP contribution in [0.4, 0.5) is 0 Å². The maximum absolute atomic E-state index is 11.9. The molecule has 0 radical (unpaired) electrons. The normalized spacial score (nSPS) is 12.3. The van der Waals surface area contributed by atoms with E-state index in [0.717, 1.165) is 12.0 Å². The van der Waals surface area contributed by atoms with Crippen LogP contribution < -0.4 is 0 Å². The highest BCUT2D eigenvalue weighted by molar-refractivity contribution is 5.76. The Hall–Kier alpha value is -2.11. The fourth-order valence-corrected chi connectivity index (χ4v) is 1.94. The van der Waals surface area contributed by atoms with Gasteiger partial charge < -0.3 is 13.7 Å². The second-order valence-electron chi connectivity index (χ2n) is 4.48. The number of carbonyl (C=O) groups is 1. The zero-order chi connectivity index (χ0) is 14.5. The largest absolute Gasteiger partial charge is 0.465 e. The Morgan fingerprint density at radius 3 is 2.85 bits per heavy atom. The lowest BCUT2D eigenvalue weighted by atomic mass is 10.0. The fraction of sp³-hybridized carbons (Fsp3) is 0.500. The summed E-state index contributed by atoms with van der Waals surface area (Å²) in [7, 11) is 0. The van der Waals surface area contributed by atoms with Crippen LogP contribution in [0.5, 0.6) is 0 Å². The highest BCUT2D eigenvalue weighted by Gasteiger charge is 2.28. The van der Waals surface area contributed by atoms with Crippen molar-refractivity contribution in [2.45, 2.75) is 39.5 Å². The molecular formula is C14H18N2O4. The summed E-state index contributed by atoms with van der Waals surface area (Å²) in [6.45, 7) is 5.98. The van der Waals surface area contributed by atoms with Gasteiger partial charge in [0.1, 0.15) is 5.92 Å². The molecule has 2 aromatic rings. The summed E-state index contributed by atoms with van der Waals surface area (Å²) < 4.78 is 15.6. The first kappa shape index (κ1) is 14.3. The number of rotatable bonds is 6. The molecule has 0 N–H and O–H groups in total. The van der Waals surface area contributed by atoms with Gasteiger partial charge in [0, 0.05) is 0 Å². The van der Waals surface area contributed by atoms with Crippen LogP contribution in [-0.2, 0) is 9.53 Å². The van der Waals surface area contributed by atoms with Gasteiger partial charge in [0.15, 0.2) is 5.76 Å². The van der Waals surface area contributed by atoms with E-state index in [1.54, 1.807) is 13.2 Å². The second-order valence-corrected chi connectivity index (χ2v) is 4.48. The molecule has 0 saturated heterocycles. The van der Waals surface area contributed by atoms with Gasteiger partial charge in [-0.1, -0.05) is 18.5 Å². The lowest BCUT2D eigenvalue weighted by Gasteiger charge is -2.09. The monoisotopic (exact) mass is 278 g/mol. The van der Waals surface area contributed by atoms with Crippen molar-refractivity contribution in [3.8, 4) is 11.6 Å². The molecule has 2 aromatic heterocycles. The van der Waals surface area contributed by atoms with Crippen LogP contribution in [0.2, 0.25) is 0 Å². The Morgan fingerprint density at radius 2 is 2.25 bits per heavy atom. The van der Waals surface area contributed by atoms with Crippen LogP contribution >= 0.6 is 0 Å². The average Bonchev–Trinajstić information content (AvgIpc) is 3.04. The summed E-state index contributed by atoms with van der Waals surface area (Å²) in [4.78, 5) is 16.2.